The number of fused-ring (bicyclic) bond motifs is 1. The summed E-state index contributed by atoms with van der Waals surface area (Å²) in [6.07, 6.45) is 3.72. The number of amides is 2. The Labute approximate surface area is 215 Å². The van der Waals surface area contributed by atoms with Crippen LogP contribution in [0.15, 0.2) is 72.9 Å². The number of ether oxygens (including phenoxy) is 1. The first-order valence-electron chi connectivity index (χ1n) is 12.3. The summed E-state index contributed by atoms with van der Waals surface area (Å²) in [5.74, 6) is 5.96. The van der Waals surface area contributed by atoms with E-state index >= 15 is 0 Å². The molecule has 186 valence electrons. The summed E-state index contributed by atoms with van der Waals surface area (Å²) in [6, 6.07) is 21.2. The lowest BCUT2D eigenvalue weighted by atomic mass is 9.98. The number of carbonyl (C=O) groups excluding carboxylic acids is 2. The Morgan fingerprint density at radius 2 is 1.81 bits per heavy atom. The Kier molecular flexibility index (Phi) is 6.82. The van der Waals surface area contributed by atoms with Gasteiger partial charge in [-0.15, -0.1) is 0 Å². The van der Waals surface area contributed by atoms with Crippen LogP contribution in [-0.2, 0) is 4.79 Å². The number of hydrogen-bond donors (Lipinski definition) is 3. The monoisotopic (exact) mass is 492 g/mol. The predicted octanol–water partition coefficient (Wildman–Crippen LogP) is 4.83. The Bertz CT molecular complexity index is 1500. The third kappa shape index (κ3) is 5.14. The number of carbonyl (C=O) groups is 2. The van der Waals surface area contributed by atoms with Gasteiger partial charge in [0.15, 0.2) is 0 Å². The molecular formula is C30H28N4O3. The second-order valence-electron chi connectivity index (χ2n) is 9.02. The van der Waals surface area contributed by atoms with Gasteiger partial charge >= 0.3 is 0 Å². The average molecular weight is 493 g/mol. The second kappa shape index (κ2) is 10.5. The zero-order valence-electron chi connectivity index (χ0n) is 20.6. The number of nitrogens with one attached hydrogen (secondary N) is 2. The van der Waals surface area contributed by atoms with Crippen LogP contribution in [0.4, 0.5) is 5.69 Å². The van der Waals surface area contributed by atoms with Crippen LogP contribution < -0.4 is 20.7 Å². The molecule has 1 aliphatic rings. The number of aromatic nitrogens is 1. The molecule has 0 unspecified atom stereocenters. The molecular weight excluding hydrogens is 464 g/mol. The fourth-order valence-electron chi connectivity index (χ4n) is 4.90. The van der Waals surface area contributed by atoms with Crippen molar-refractivity contribution in [3.8, 4) is 34.5 Å². The van der Waals surface area contributed by atoms with Crippen LogP contribution in [0.3, 0.4) is 0 Å². The lowest BCUT2D eigenvalue weighted by Gasteiger charge is -2.35. The van der Waals surface area contributed by atoms with Crippen molar-refractivity contribution < 1.29 is 14.3 Å². The molecule has 4 aromatic rings. The summed E-state index contributed by atoms with van der Waals surface area (Å²) in [7, 11) is 0. The average Bonchev–Trinajstić information content (AvgIpc) is 3.34. The molecule has 0 saturated carbocycles. The number of aromatic amines is 1. The van der Waals surface area contributed by atoms with E-state index in [4.69, 9.17) is 10.5 Å². The lowest BCUT2D eigenvalue weighted by Crippen LogP contribution is -2.47. The summed E-state index contributed by atoms with van der Waals surface area (Å²) in [5.41, 5.74) is 9.77. The highest BCUT2D eigenvalue weighted by Gasteiger charge is 2.25. The third-order valence-electron chi connectivity index (χ3n) is 6.56. The van der Waals surface area contributed by atoms with E-state index in [1.165, 1.54) is 0 Å². The van der Waals surface area contributed by atoms with Crippen molar-refractivity contribution in [2.75, 3.05) is 18.0 Å². The number of hydrogen-bond acceptors (Lipinski definition) is 4. The molecule has 1 atom stereocenters. The number of H-pyrrole nitrogens is 1. The molecule has 0 radical (unpaired) electrons. The van der Waals surface area contributed by atoms with Crippen molar-refractivity contribution in [2.45, 2.75) is 25.8 Å². The SMILES string of the molecule is CC#CC(=O)N[C@H]1CCCN(c2ccc(C(N)=O)c3[nH]cc(-c4ccc(Oc5ccccc5)cc4)c23)C1. The normalized spacial score (nSPS) is 15.1. The maximum absolute atomic E-state index is 12.2. The summed E-state index contributed by atoms with van der Waals surface area (Å²) < 4.78 is 5.95. The first-order valence-corrected chi connectivity index (χ1v) is 12.3. The third-order valence-corrected chi connectivity index (χ3v) is 6.56. The molecule has 5 rings (SSSR count). The number of piperidine rings is 1. The van der Waals surface area contributed by atoms with Gasteiger partial charge in [0, 0.05) is 42.0 Å². The Balaban J connectivity index is 1.50. The summed E-state index contributed by atoms with van der Waals surface area (Å²) in [6.45, 7) is 3.14. The molecule has 3 aromatic carbocycles. The molecule has 37 heavy (non-hydrogen) atoms. The summed E-state index contributed by atoms with van der Waals surface area (Å²) in [5, 5.41) is 3.94. The van der Waals surface area contributed by atoms with Crippen LogP contribution in [0.25, 0.3) is 22.0 Å². The van der Waals surface area contributed by atoms with Crippen molar-refractivity contribution in [1.82, 2.24) is 10.3 Å². The van der Waals surface area contributed by atoms with Gasteiger partial charge in [0.25, 0.3) is 11.8 Å². The number of para-hydroxylation sites is 1. The van der Waals surface area contributed by atoms with Gasteiger partial charge in [0.1, 0.15) is 11.5 Å². The van der Waals surface area contributed by atoms with Crippen LogP contribution >= 0.6 is 0 Å². The van der Waals surface area contributed by atoms with Crippen LogP contribution in [0.5, 0.6) is 11.5 Å². The first-order chi connectivity index (χ1) is 18.0. The Hall–Kier alpha value is -4.70. The molecule has 2 amide bonds. The molecule has 0 aliphatic carbocycles. The molecule has 7 nitrogen and oxygen atoms in total. The predicted molar refractivity (Wildman–Crippen MR) is 146 cm³/mol. The molecule has 0 spiro atoms. The van der Waals surface area contributed by atoms with E-state index in [0.29, 0.717) is 17.6 Å². The standard InChI is InChI=1S/C30H28N4O3/c1-2-7-27(35)33-21-8-6-17-34(19-21)26-16-15-24(30(31)36)29-28(26)25(18-32-29)20-11-13-23(14-12-20)37-22-9-4-3-5-10-22/h3-5,9-16,18,21,32H,6,8,17,19H2,1H3,(H2,31,36)(H,33,35)/t21-/m0/s1. The highest BCUT2D eigenvalue weighted by Crippen LogP contribution is 2.39. The van der Waals surface area contributed by atoms with E-state index in [1.807, 2.05) is 66.9 Å². The van der Waals surface area contributed by atoms with Crippen molar-refractivity contribution >= 4 is 28.4 Å². The fraction of sp³-hybridized carbons (Fsp3) is 0.200. The first kappa shape index (κ1) is 24.0. The molecule has 2 heterocycles. The van der Waals surface area contributed by atoms with Crippen molar-refractivity contribution in [1.29, 1.82) is 0 Å². The van der Waals surface area contributed by atoms with Gasteiger partial charge in [0.05, 0.1) is 11.1 Å². The number of benzene rings is 3. The van der Waals surface area contributed by atoms with Gasteiger partial charge < -0.3 is 25.7 Å². The zero-order chi connectivity index (χ0) is 25.8. The fourth-order valence-corrected chi connectivity index (χ4v) is 4.90. The lowest BCUT2D eigenvalue weighted by molar-refractivity contribution is -0.116. The van der Waals surface area contributed by atoms with E-state index in [2.05, 4.69) is 27.0 Å². The molecule has 1 aromatic heterocycles. The molecule has 0 bridgehead atoms. The van der Waals surface area contributed by atoms with E-state index in [9.17, 15) is 9.59 Å². The topological polar surface area (TPSA) is 100 Å². The van der Waals surface area contributed by atoms with Gasteiger partial charge in [0.2, 0.25) is 0 Å². The molecule has 1 saturated heterocycles. The largest absolute Gasteiger partial charge is 0.457 e. The maximum atomic E-state index is 12.2. The Morgan fingerprint density at radius 1 is 1.05 bits per heavy atom. The van der Waals surface area contributed by atoms with Gasteiger partial charge in [-0.1, -0.05) is 36.3 Å². The molecule has 1 fully saturated rings. The number of nitrogens with zero attached hydrogens (tertiary/aromatic N) is 1. The van der Waals surface area contributed by atoms with Crippen LogP contribution in [-0.4, -0.2) is 35.9 Å². The maximum Gasteiger partial charge on any atom is 0.296 e. The van der Waals surface area contributed by atoms with Crippen molar-refractivity contribution in [2.24, 2.45) is 5.73 Å². The molecule has 4 N–H and O–H groups in total. The Morgan fingerprint density at radius 3 is 2.54 bits per heavy atom. The van der Waals surface area contributed by atoms with Crippen molar-refractivity contribution in [3.63, 3.8) is 0 Å². The van der Waals surface area contributed by atoms with Crippen molar-refractivity contribution in [3.05, 3.63) is 78.5 Å². The zero-order valence-corrected chi connectivity index (χ0v) is 20.6. The van der Waals surface area contributed by atoms with Gasteiger partial charge in [-0.25, -0.2) is 0 Å². The number of anilines is 1. The van der Waals surface area contributed by atoms with E-state index in [-0.39, 0.29) is 11.9 Å². The van der Waals surface area contributed by atoms with Crippen LogP contribution in [0.2, 0.25) is 0 Å². The van der Waals surface area contributed by atoms with Gasteiger partial charge in [-0.05, 0) is 67.6 Å². The minimum absolute atomic E-state index is 0.00947. The number of nitrogens with two attached hydrogens (primary N) is 1. The number of primary amides is 1. The highest BCUT2D eigenvalue weighted by atomic mass is 16.5. The number of rotatable bonds is 6. The minimum atomic E-state index is -0.488. The summed E-state index contributed by atoms with van der Waals surface area (Å²) >= 11 is 0. The van der Waals surface area contributed by atoms with E-state index < -0.39 is 5.91 Å². The molecule has 1 aliphatic heterocycles. The smallest absolute Gasteiger partial charge is 0.296 e. The molecule has 7 heteroatoms. The van der Waals surface area contributed by atoms with E-state index in [0.717, 1.165) is 53.1 Å². The second-order valence-corrected chi connectivity index (χ2v) is 9.02. The quantitative estimate of drug-likeness (QED) is 0.336. The minimum Gasteiger partial charge on any atom is -0.457 e. The highest BCUT2D eigenvalue weighted by molar-refractivity contribution is 6.13. The van der Waals surface area contributed by atoms with Crippen LogP contribution in [0.1, 0.15) is 30.1 Å². The van der Waals surface area contributed by atoms with Crippen LogP contribution in [0, 0.1) is 11.8 Å². The van der Waals surface area contributed by atoms with Gasteiger partial charge in [-0.3, -0.25) is 9.59 Å². The van der Waals surface area contributed by atoms with Gasteiger partial charge in [-0.2, -0.15) is 0 Å². The van der Waals surface area contributed by atoms with E-state index in [1.54, 1.807) is 13.0 Å². The summed E-state index contributed by atoms with van der Waals surface area (Å²) in [4.78, 5) is 29.8.